The number of fused-ring (bicyclic) bond motifs is 1. The number of aromatic nitrogens is 1. The van der Waals surface area contributed by atoms with Gasteiger partial charge in [-0.05, 0) is 24.1 Å². The number of H-pyrrole nitrogens is 1. The second-order valence-corrected chi connectivity index (χ2v) is 4.96. The highest BCUT2D eigenvalue weighted by atomic mass is 16.5. The molecular formula is C18H17NO2. The summed E-state index contributed by atoms with van der Waals surface area (Å²) in [6.07, 6.45) is 2.72. The third-order valence-corrected chi connectivity index (χ3v) is 3.76. The van der Waals surface area contributed by atoms with Gasteiger partial charge in [0.25, 0.3) is 0 Å². The van der Waals surface area contributed by atoms with E-state index in [1.165, 1.54) is 5.56 Å². The zero-order valence-electron chi connectivity index (χ0n) is 12.1. The van der Waals surface area contributed by atoms with Gasteiger partial charge in [0.2, 0.25) is 0 Å². The van der Waals surface area contributed by atoms with Gasteiger partial charge in [0.05, 0.1) is 18.1 Å². The van der Waals surface area contributed by atoms with E-state index in [-0.39, 0.29) is 5.78 Å². The highest BCUT2D eigenvalue weighted by molar-refractivity contribution is 6.17. The number of aryl methyl sites for hydroxylation is 1. The number of carbonyl (C=O) groups excluding carboxylic acids is 1. The van der Waals surface area contributed by atoms with Crippen molar-refractivity contribution in [3.63, 3.8) is 0 Å². The summed E-state index contributed by atoms with van der Waals surface area (Å²) in [5.74, 6) is 0.718. The van der Waals surface area contributed by atoms with Crippen LogP contribution in [0.3, 0.4) is 0 Å². The van der Waals surface area contributed by atoms with E-state index in [0.29, 0.717) is 16.9 Å². The van der Waals surface area contributed by atoms with Crippen molar-refractivity contribution in [2.75, 3.05) is 7.11 Å². The fraction of sp³-hybridized carbons (Fsp3) is 0.167. The molecule has 3 aromatic rings. The Labute approximate surface area is 123 Å². The lowest BCUT2D eigenvalue weighted by atomic mass is 10.0. The summed E-state index contributed by atoms with van der Waals surface area (Å²) >= 11 is 0. The van der Waals surface area contributed by atoms with Gasteiger partial charge in [0.1, 0.15) is 5.75 Å². The van der Waals surface area contributed by atoms with Crippen molar-refractivity contribution in [3.05, 3.63) is 65.4 Å². The first-order valence-electron chi connectivity index (χ1n) is 7.02. The number of benzene rings is 2. The van der Waals surface area contributed by atoms with Gasteiger partial charge in [-0.2, -0.15) is 0 Å². The molecular weight excluding hydrogens is 262 g/mol. The minimum absolute atomic E-state index is 0.00778. The summed E-state index contributed by atoms with van der Waals surface area (Å²) in [6.45, 7) is 2.10. The van der Waals surface area contributed by atoms with Gasteiger partial charge in [0.15, 0.2) is 5.78 Å². The first-order valence-corrected chi connectivity index (χ1v) is 7.02. The van der Waals surface area contributed by atoms with Crippen molar-refractivity contribution in [2.45, 2.75) is 13.3 Å². The number of ether oxygens (including phenoxy) is 1. The molecule has 0 saturated carbocycles. The highest BCUT2D eigenvalue weighted by Gasteiger charge is 2.17. The third-order valence-electron chi connectivity index (χ3n) is 3.76. The smallest absolute Gasteiger partial charge is 0.195 e. The van der Waals surface area contributed by atoms with E-state index in [1.807, 2.05) is 42.5 Å². The second kappa shape index (κ2) is 5.44. The number of hydrogen-bond acceptors (Lipinski definition) is 2. The van der Waals surface area contributed by atoms with Crippen LogP contribution in [0, 0.1) is 0 Å². The van der Waals surface area contributed by atoms with Gasteiger partial charge < -0.3 is 9.72 Å². The minimum atomic E-state index is 0.00778. The summed E-state index contributed by atoms with van der Waals surface area (Å²) in [5, 5.41) is 0.838. The molecule has 0 aliphatic rings. The Morgan fingerprint density at radius 2 is 1.90 bits per heavy atom. The average Bonchev–Trinajstić information content (AvgIpc) is 2.98. The maximum Gasteiger partial charge on any atom is 0.195 e. The molecule has 1 aromatic heterocycles. The van der Waals surface area contributed by atoms with Crippen LogP contribution in [-0.2, 0) is 6.42 Å². The van der Waals surface area contributed by atoms with Crippen LogP contribution in [0.1, 0.15) is 28.4 Å². The van der Waals surface area contributed by atoms with Crippen LogP contribution in [0.4, 0.5) is 0 Å². The summed E-state index contributed by atoms with van der Waals surface area (Å²) in [4.78, 5) is 15.8. The Balaban J connectivity index is 2.08. The molecule has 2 aromatic carbocycles. The number of rotatable bonds is 4. The predicted octanol–water partition coefficient (Wildman–Crippen LogP) is 3.97. The molecule has 0 aliphatic heterocycles. The fourth-order valence-electron chi connectivity index (χ4n) is 2.55. The first kappa shape index (κ1) is 13.4. The molecule has 0 fully saturated rings. The van der Waals surface area contributed by atoms with Crippen LogP contribution in [0.5, 0.6) is 5.75 Å². The molecule has 0 radical (unpaired) electrons. The van der Waals surface area contributed by atoms with E-state index in [2.05, 4.69) is 11.9 Å². The lowest BCUT2D eigenvalue weighted by Crippen LogP contribution is -2.01. The number of hydrogen-bond donors (Lipinski definition) is 1. The lowest BCUT2D eigenvalue weighted by Gasteiger charge is -2.05. The summed E-state index contributed by atoms with van der Waals surface area (Å²) in [6, 6.07) is 13.5. The summed E-state index contributed by atoms with van der Waals surface area (Å²) in [7, 11) is 1.62. The topological polar surface area (TPSA) is 42.1 Å². The molecule has 0 aliphatic carbocycles. The van der Waals surface area contributed by atoms with Crippen molar-refractivity contribution >= 4 is 16.7 Å². The van der Waals surface area contributed by atoms with Crippen LogP contribution < -0.4 is 4.74 Å². The molecule has 21 heavy (non-hydrogen) atoms. The van der Waals surface area contributed by atoms with E-state index >= 15 is 0 Å². The fourth-order valence-corrected chi connectivity index (χ4v) is 2.55. The van der Waals surface area contributed by atoms with Crippen molar-refractivity contribution in [1.29, 1.82) is 0 Å². The maximum absolute atomic E-state index is 12.7. The molecule has 106 valence electrons. The quantitative estimate of drug-likeness (QED) is 0.734. The Morgan fingerprint density at radius 1 is 1.14 bits per heavy atom. The predicted molar refractivity (Wildman–Crippen MR) is 84.1 cm³/mol. The standard InChI is InChI=1S/C18H17NO2/c1-3-12-7-9-13(10-8-12)18(20)14-11-19-15-5-4-6-16(21-2)17(14)15/h4-11,19H,3H2,1-2H3. The highest BCUT2D eigenvalue weighted by Crippen LogP contribution is 2.30. The zero-order chi connectivity index (χ0) is 14.8. The van der Waals surface area contributed by atoms with Crippen molar-refractivity contribution in [2.24, 2.45) is 0 Å². The van der Waals surface area contributed by atoms with Crippen LogP contribution in [0.2, 0.25) is 0 Å². The van der Waals surface area contributed by atoms with Crippen molar-refractivity contribution in [1.82, 2.24) is 4.98 Å². The number of aromatic amines is 1. The molecule has 0 amide bonds. The van der Waals surface area contributed by atoms with E-state index < -0.39 is 0 Å². The Morgan fingerprint density at radius 3 is 2.57 bits per heavy atom. The van der Waals surface area contributed by atoms with E-state index in [4.69, 9.17) is 4.74 Å². The first-order chi connectivity index (χ1) is 10.2. The van der Waals surface area contributed by atoms with Crippen LogP contribution >= 0.6 is 0 Å². The number of carbonyl (C=O) groups is 1. The molecule has 1 heterocycles. The van der Waals surface area contributed by atoms with Gasteiger partial charge in [-0.25, -0.2) is 0 Å². The zero-order valence-corrected chi connectivity index (χ0v) is 12.1. The summed E-state index contributed by atoms with van der Waals surface area (Å²) < 4.78 is 5.38. The SMILES string of the molecule is CCc1ccc(C(=O)c2c[nH]c3cccc(OC)c23)cc1. The molecule has 0 saturated heterocycles. The Hall–Kier alpha value is -2.55. The molecule has 3 heteroatoms. The second-order valence-electron chi connectivity index (χ2n) is 4.96. The Bertz CT molecular complexity index is 785. The van der Waals surface area contributed by atoms with Gasteiger partial charge >= 0.3 is 0 Å². The monoisotopic (exact) mass is 279 g/mol. The van der Waals surface area contributed by atoms with Crippen LogP contribution in [0.25, 0.3) is 10.9 Å². The van der Waals surface area contributed by atoms with Crippen molar-refractivity contribution < 1.29 is 9.53 Å². The molecule has 0 bridgehead atoms. The molecule has 0 atom stereocenters. The van der Waals surface area contributed by atoms with Gasteiger partial charge in [-0.1, -0.05) is 37.3 Å². The van der Waals surface area contributed by atoms with E-state index in [1.54, 1.807) is 13.3 Å². The van der Waals surface area contributed by atoms with E-state index in [0.717, 1.165) is 17.3 Å². The van der Waals surface area contributed by atoms with Crippen LogP contribution in [0.15, 0.2) is 48.7 Å². The number of methoxy groups -OCH3 is 1. The molecule has 0 unspecified atom stereocenters. The molecule has 1 N–H and O–H groups in total. The van der Waals surface area contributed by atoms with Crippen LogP contribution in [-0.4, -0.2) is 17.9 Å². The number of nitrogens with one attached hydrogen (secondary N) is 1. The van der Waals surface area contributed by atoms with E-state index in [9.17, 15) is 4.79 Å². The minimum Gasteiger partial charge on any atom is -0.496 e. The molecule has 3 rings (SSSR count). The van der Waals surface area contributed by atoms with Gasteiger partial charge in [0, 0.05) is 17.3 Å². The Kier molecular flexibility index (Phi) is 3.48. The van der Waals surface area contributed by atoms with Gasteiger partial charge in [-0.3, -0.25) is 4.79 Å². The third kappa shape index (κ3) is 2.31. The van der Waals surface area contributed by atoms with Crippen molar-refractivity contribution in [3.8, 4) is 5.75 Å². The molecule has 0 spiro atoms. The summed E-state index contributed by atoms with van der Waals surface area (Å²) in [5.41, 5.74) is 3.47. The van der Waals surface area contributed by atoms with Gasteiger partial charge in [-0.15, -0.1) is 0 Å². The normalized spacial score (nSPS) is 10.8. The maximum atomic E-state index is 12.7. The number of ketones is 1. The molecule has 3 nitrogen and oxygen atoms in total. The average molecular weight is 279 g/mol. The largest absolute Gasteiger partial charge is 0.496 e. The lowest BCUT2D eigenvalue weighted by molar-refractivity contribution is 0.104.